The first kappa shape index (κ1) is 30.7. The van der Waals surface area contributed by atoms with Crippen LogP contribution < -0.4 is 0 Å². The van der Waals surface area contributed by atoms with Crippen LogP contribution in [0.4, 0.5) is 0 Å². The van der Waals surface area contributed by atoms with Gasteiger partial charge in [0.1, 0.15) is 0 Å². The molecule has 34 heavy (non-hydrogen) atoms. The van der Waals surface area contributed by atoms with Crippen molar-refractivity contribution in [3.8, 4) is 0 Å². The highest BCUT2D eigenvalue weighted by molar-refractivity contribution is 5.07. The molecule has 0 amide bonds. The Morgan fingerprint density at radius 2 is 1.29 bits per heavy atom. The quantitative estimate of drug-likeness (QED) is 0.144. The molecule has 0 N–H and O–H groups in total. The largest absolute Gasteiger partial charge is 0.366 e. The molecule has 0 aromatic carbocycles. The minimum Gasteiger partial charge on any atom is -0.366 e. The van der Waals surface area contributed by atoms with Crippen LogP contribution in [0.2, 0.25) is 0 Å². The van der Waals surface area contributed by atoms with Crippen LogP contribution in [0.3, 0.4) is 0 Å². The lowest BCUT2D eigenvalue weighted by atomic mass is 9.87. The standard InChI is InChI=1S/C33H56O/c1-24(2)28(7)19-18-27(6)15-12-14-26(5)16-13-17-32-33(11,34-32)23-22-31(10)30(9)21-20-29(8)25(3)4/h15-16,28-29,31-32H,1,3,9,12-14,17-23H2,2,4-8,10-11H3/b26-16+,27-15+/t28-,29+,31+,32+,33-/m0/s1. The molecule has 1 aliphatic heterocycles. The predicted octanol–water partition coefficient (Wildman–Crippen LogP) is 10.6. The van der Waals surface area contributed by atoms with Crippen LogP contribution in [0.1, 0.15) is 120 Å². The smallest absolute Gasteiger partial charge is 0.0920 e. The fraction of sp³-hybridized carbons (Fsp3) is 0.697. The Kier molecular flexibility index (Phi) is 13.5. The lowest BCUT2D eigenvalue weighted by Gasteiger charge is -2.18. The van der Waals surface area contributed by atoms with Crippen molar-refractivity contribution in [1.29, 1.82) is 0 Å². The molecule has 1 rings (SSSR count). The number of allylic oxidation sites excluding steroid dienone is 7. The third kappa shape index (κ3) is 11.9. The minimum atomic E-state index is 0.0854. The molecule has 0 aromatic heterocycles. The van der Waals surface area contributed by atoms with Crippen molar-refractivity contribution in [2.75, 3.05) is 0 Å². The second kappa shape index (κ2) is 14.9. The van der Waals surface area contributed by atoms with Crippen LogP contribution in [0.5, 0.6) is 0 Å². The van der Waals surface area contributed by atoms with E-state index in [0.717, 1.165) is 32.1 Å². The zero-order valence-corrected chi connectivity index (χ0v) is 24.1. The SMILES string of the molecule is C=C(C)[C@H](C)CCC(=C)[C@H](C)CC[C@]1(C)O[C@@H]1CC/C=C(\C)CC/C=C(\C)CC[C@H](C)C(=C)C. The Labute approximate surface area is 213 Å². The van der Waals surface area contributed by atoms with Crippen molar-refractivity contribution >= 4 is 0 Å². The Morgan fingerprint density at radius 1 is 0.765 bits per heavy atom. The first-order valence-electron chi connectivity index (χ1n) is 13.8. The van der Waals surface area contributed by atoms with Crippen LogP contribution >= 0.6 is 0 Å². The number of rotatable bonds is 18. The van der Waals surface area contributed by atoms with Crippen LogP contribution in [-0.4, -0.2) is 11.7 Å². The van der Waals surface area contributed by atoms with Crippen LogP contribution in [0.15, 0.2) is 59.8 Å². The number of epoxide rings is 1. The molecular formula is C33H56O. The van der Waals surface area contributed by atoms with Crippen LogP contribution in [0, 0.1) is 17.8 Å². The second-order valence-electron chi connectivity index (χ2n) is 11.8. The molecule has 5 atom stereocenters. The maximum Gasteiger partial charge on any atom is 0.0920 e. The van der Waals surface area contributed by atoms with Gasteiger partial charge in [0.15, 0.2) is 0 Å². The third-order valence-electron chi connectivity index (χ3n) is 8.31. The first-order valence-corrected chi connectivity index (χ1v) is 13.8. The monoisotopic (exact) mass is 468 g/mol. The van der Waals surface area contributed by atoms with Gasteiger partial charge in [0.25, 0.3) is 0 Å². The molecule has 0 spiro atoms. The Hall–Kier alpha value is -1.34. The number of hydrogen-bond acceptors (Lipinski definition) is 1. The van der Waals surface area contributed by atoms with Crippen LogP contribution in [-0.2, 0) is 4.74 Å². The number of hydrogen-bond donors (Lipinski definition) is 0. The molecule has 1 heterocycles. The highest BCUT2D eigenvalue weighted by atomic mass is 16.6. The van der Waals surface area contributed by atoms with Gasteiger partial charge in [0, 0.05) is 0 Å². The van der Waals surface area contributed by atoms with E-state index in [1.54, 1.807) is 0 Å². The summed E-state index contributed by atoms with van der Waals surface area (Å²) in [4.78, 5) is 0. The molecule has 0 aromatic rings. The lowest BCUT2D eigenvalue weighted by molar-refractivity contribution is 0.283. The topological polar surface area (TPSA) is 12.5 Å². The van der Waals surface area contributed by atoms with Crippen molar-refractivity contribution in [1.82, 2.24) is 0 Å². The molecule has 0 saturated carbocycles. The summed E-state index contributed by atoms with van der Waals surface area (Å²) in [5, 5.41) is 0. The van der Waals surface area contributed by atoms with Gasteiger partial charge in [-0.1, -0.05) is 80.5 Å². The van der Waals surface area contributed by atoms with Crippen molar-refractivity contribution in [2.24, 2.45) is 17.8 Å². The Bertz CT molecular complexity index is 736. The van der Waals surface area contributed by atoms with Gasteiger partial charge < -0.3 is 4.74 Å². The van der Waals surface area contributed by atoms with E-state index in [9.17, 15) is 0 Å². The second-order valence-corrected chi connectivity index (χ2v) is 11.8. The fourth-order valence-electron chi connectivity index (χ4n) is 4.40. The normalized spacial score (nSPS) is 23.4. The van der Waals surface area contributed by atoms with Gasteiger partial charge in [0.2, 0.25) is 0 Å². The third-order valence-corrected chi connectivity index (χ3v) is 8.31. The highest BCUT2D eigenvalue weighted by Crippen LogP contribution is 2.44. The van der Waals surface area contributed by atoms with E-state index < -0.39 is 0 Å². The van der Waals surface area contributed by atoms with E-state index in [4.69, 9.17) is 4.74 Å². The van der Waals surface area contributed by atoms with Crippen molar-refractivity contribution in [3.63, 3.8) is 0 Å². The van der Waals surface area contributed by atoms with Gasteiger partial charge in [-0.2, -0.15) is 0 Å². The first-order chi connectivity index (χ1) is 15.9. The zero-order chi connectivity index (χ0) is 25.9. The van der Waals surface area contributed by atoms with E-state index in [1.165, 1.54) is 60.0 Å². The summed E-state index contributed by atoms with van der Waals surface area (Å²) in [6, 6.07) is 0. The molecule has 0 unspecified atom stereocenters. The molecule has 1 aliphatic rings. The average Bonchev–Trinajstić information content (AvgIpc) is 3.43. The van der Waals surface area contributed by atoms with Gasteiger partial charge >= 0.3 is 0 Å². The minimum absolute atomic E-state index is 0.0854. The maximum atomic E-state index is 6.14. The van der Waals surface area contributed by atoms with Crippen molar-refractivity contribution in [3.05, 3.63) is 59.8 Å². The van der Waals surface area contributed by atoms with Gasteiger partial charge in [-0.05, 0) is 117 Å². The fourth-order valence-corrected chi connectivity index (χ4v) is 4.40. The van der Waals surface area contributed by atoms with E-state index in [2.05, 4.69) is 87.3 Å². The summed E-state index contributed by atoms with van der Waals surface area (Å²) in [6.45, 7) is 30.5. The van der Waals surface area contributed by atoms with Crippen molar-refractivity contribution < 1.29 is 4.74 Å². The molecule has 1 nitrogen and oxygen atoms in total. The van der Waals surface area contributed by atoms with Crippen LogP contribution in [0.25, 0.3) is 0 Å². The van der Waals surface area contributed by atoms with E-state index >= 15 is 0 Å². The maximum absolute atomic E-state index is 6.14. The predicted molar refractivity (Wildman–Crippen MR) is 153 cm³/mol. The summed E-state index contributed by atoms with van der Waals surface area (Å²) >= 11 is 0. The average molecular weight is 469 g/mol. The van der Waals surface area contributed by atoms with Gasteiger partial charge in [0.05, 0.1) is 11.7 Å². The van der Waals surface area contributed by atoms with E-state index in [-0.39, 0.29) is 5.60 Å². The molecule has 1 heteroatoms. The molecular weight excluding hydrogens is 412 g/mol. The van der Waals surface area contributed by atoms with E-state index in [0.29, 0.717) is 23.9 Å². The molecule has 0 aliphatic carbocycles. The highest BCUT2D eigenvalue weighted by Gasteiger charge is 2.50. The Balaban J connectivity index is 2.25. The van der Waals surface area contributed by atoms with E-state index in [1.807, 2.05) is 0 Å². The summed E-state index contributed by atoms with van der Waals surface area (Å²) in [5.74, 6) is 1.78. The molecule has 0 radical (unpaired) electrons. The van der Waals surface area contributed by atoms with Gasteiger partial charge in [-0.25, -0.2) is 0 Å². The molecule has 1 saturated heterocycles. The molecule has 0 bridgehead atoms. The van der Waals surface area contributed by atoms with Gasteiger partial charge in [-0.15, -0.1) is 0 Å². The summed E-state index contributed by atoms with van der Waals surface area (Å²) < 4.78 is 6.14. The lowest BCUT2D eigenvalue weighted by Crippen LogP contribution is -2.13. The summed E-state index contributed by atoms with van der Waals surface area (Å²) in [7, 11) is 0. The molecule has 1 fully saturated rings. The molecule has 194 valence electrons. The Morgan fingerprint density at radius 3 is 1.88 bits per heavy atom. The summed E-state index contributed by atoms with van der Waals surface area (Å²) in [5.41, 5.74) is 7.08. The summed E-state index contributed by atoms with van der Waals surface area (Å²) in [6.07, 6.45) is 16.9. The van der Waals surface area contributed by atoms with Crippen molar-refractivity contribution in [2.45, 2.75) is 131 Å². The number of ether oxygens (including phenoxy) is 1. The van der Waals surface area contributed by atoms with Gasteiger partial charge in [-0.3, -0.25) is 0 Å². The zero-order valence-electron chi connectivity index (χ0n) is 24.1.